The molecule has 1 N–H and O–H groups in total. The van der Waals surface area contributed by atoms with Crippen molar-refractivity contribution in [2.24, 2.45) is 16.8 Å². The van der Waals surface area contributed by atoms with Crippen LogP contribution in [-0.2, 0) is 4.74 Å². The lowest BCUT2D eigenvalue weighted by molar-refractivity contribution is 0.181. The number of benzene rings is 1. The van der Waals surface area contributed by atoms with Gasteiger partial charge in [0.15, 0.2) is 17.6 Å². The van der Waals surface area contributed by atoms with Crippen molar-refractivity contribution in [1.29, 1.82) is 0 Å². The Labute approximate surface area is 154 Å². The van der Waals surface area contributed by atoms with Crippen LogP contribution in [0.25, 0.3) is 0 Å². The molecule has 2 fully saturated rings. The van der Waals surface area contributed by atoms with E-state index in [0.717, 1.165) is 63.9 Å². The summed E-state index contributed by atoms with van der Waals surface area (Å²) in [7, 11) is 3.85. The van der Waals surface area contributed by atoms with Crippen LogP contribution < -0.4 is 10.2 Å². The highest BCUT2D eigenvalue weighted by Crippen LogP contribution is 2.25. The Balaban J connectivity index is 1.47. The second-order valence-corrected chi connectivity index (χ2v) is 7.24. The minimum Gasteiger partial charge on any atom is -0.381 e. The van der Waals surface area contributed by atoms with Crippen LogP contribution in [0.3, 0.4) is 0 Å². The van der Waals surface area contributed by atoms with Crippen LogP contribution in [0.5, 0.6) is 0 Å². The van der Waals surface area contributed by atoms with E-state index in [9.17, 15) is 8.78 Å². The summed E-state index contributed by atoms with van der Waals surface area (Å²) in [5.41, 5.74) is 0.745. The Hall–Kier alpha value is -1.89. The van der Waals surface area contributed by atoms with Gasteiger partial charge in [0.25, 0.3) is 0 Å². The second-order valence-electron chi connectivity index (χ2n) is 7.24. The zero-order chi connectivity index (χ0) is 18.5. The van der Waals surface area contributed by atoms with Gasteiger partial charge in [-0.3, -0.25) is 4.99 Å². The van der Waals surface area contributed by atoms with Crippen LogP contribution in [0.4, 0.5) is 14.5 Å². The fraction of sp³-hybridized carbons (Fsp3) is 0.632. The number of guanidine groups is 1. The van der Waals surface area contributed by atoms with E-state index in [4.69, 9.17) is 4.74 Å². The van der Waals surface area contributed by atoms with Gasteiger partial charge in [0.1, 0.15) is 0 Å². The van der Waals surface area contributed by atoms with Crippen LogP contribution in [0.15, 0.2) is 23.2 Å². The third-order valence-electron chi connectivity index (χ3n) is 5.23. The van der Waals surface area contributed by atoms with Gasteiger partial charge in [0.2, 0.25) is 0 Å². The smallest absolute Gasteiger partial charge is 0.193 e. The SMILES string of the molecule is CN=C(NCC1CCN(c2ccc(F)c(F)c2)C1)N(C)CC1CCOC1. The van der Waals surface area contributed by atoms with Crippen LogP contribution in [0.1, 0.15) is 12.8 Å². The maximum Gasteiger partial charge on any atom is 0.193 e. The minimum atomic E-state index is -0.800. The Morgan fingerprint density at radius 3 is 2.85 bits per heavy atom. The number of rotatable bonds is 5. The van der Waals surface area contributed by atoms with E-state index >= 15 is 0 Å². The molecular formula is C19H28F2N4O. The molecule has 26 heavy (non-hydrogen) atoms. The summed E-state index contributed by atoms with van der Waals surface area (Å²) in [6.45, 7) is 5.11. The van der Waals surface area contributed by atoms with Gasteiger partial charge in [-0.1, -0.05) is 0 Å². The van der Waals surface area contributed by atoms with E-state index in [1.807, 2.05) is 0 Å². The second kappa shape index (κ2) is 8.66. The summed E-state index contributed by atoms with van der Waals surface area (Å²) in [5, 5.41) is 3.45. The molecular weight excluding hydrogens is 338 g/mol. The van der Waals surface area contributed by atoms with Gasteiger partial charge in [0.05, 0.1) is 6.61 Å². The first-order valence-electron chi connectivity index (χ1n) is 9.26. The molecule has 5 nitrogen and oxygen atoms in total. The van der Waals surface area contributed by atoms with Crippen molar-refractivity contribution in [1.82, 2.24) is 10.2 Å². The van der Waals surface area contributed by atoms with Gasteiger partial charge >= 0.3 is 0 Å². The van der Waals surface area contributed by atoms with Gasteiger partial charge in [-0.05, 0) is 30.9 Å². The molecule has 0 aromatic heterocycles. The van der Waals surface area contributed by atoms with Gasteiger partial charge < -0.3 is 19.9 Å². The summed E-state index contributed by atoms with van der Waals surface area (Å²) >= 11 is 0. The lowest BCUT2D eigenvalue weighted by Crippen LogP contribution is -2.43. The number of hydrogen-bond acceptors (Lipinski definition) is 3. The highest BCUT2D eigenvalue weighted by Gasteiger charge is 2.24. The fourth-order valence-electron chi connectivity index (χ4n) is 3.74. The Bertz CT molecular complexity index is 634. The third-order valence-corrected chi connectivity index (χ3v) is 5.23. The van der Waals surface area contributed by atoms with Crippen molar-refractivity contribution in [3.8, 4) is 0 Å². The average molecular weight is 366 g/mol. The number of ether oxygens (including phenoxy) is 1. The molecule has 2 aliphatic heterocycles. The first kappa shape index (κ1) is 18.9. The monoisotopic (exact) mass is 366 g/mol. The number of hydrogen-bond donors (Lipinski definition) is 1. The summed E-state index contributed by atoms with van der Waals surface area (Å²) in [4.78, 5) is 8.64. The van der Waals surface area contributed by atoms with E-state index < -0.39 is 11.6 Å². The zero-order valence-corrected chi connectivity index (χ0v) is 15.5. The molecule has 144 valence electrons. The van der Waals surface area contributed by atoms with Gasteiger partial charge in [-0.25, -0.2) is 8.78 Å². The normalized spacial score (nSPS) is 23.5. The number of aliphatic imine (C=N–C) groups is 1. The molecule has 0 bridgehead atoms. The number of anilines is 1. The molecule has 2 heterocycles. The van der Waals surface area contributed by atoms with E-state index in [2.05, 4.69) is 27.2 Å². The van der Waals surface area contributed by atoms with E-state index in [0.29, 0.717) is 11.8 Å². The molecule has 0 amide bonds. The molecule has 2 unspecified atom stereocenters. The van der Waals surface area contributed by atoms with E-state index in [1.54, 1.807) is 13.1 Å². The van der Waals surface area contributed by atoms with Crippen molar-refractivity contribution in [2.75, 3.05) is 58.4 Å². The molecule has 2 aliphatic rings. The number of halogens is 2. The topological polar surface area (TPSA) is 40.1 Å². The number of nitrogens with one attached hydrogen (secondary N) is 1. The molecule has 2 saturated heterocycles. The lowest BCUT2D eigenvalue weighted by Gasteiger charge is -2.25. The Morgan fingerprint density at radius 2 is 2.15 bits per heavy atom. The van der Waals surface area contributed by atoms with Gasteiger partial charge in [-0.2, -0.15) is 0 Å². The summed E-state index contributed by atoms with van der Waals surface area (Å²) in [5.74, 6) is 0.313. The van der Waals surface area contributed by atoms with Gasteiger partial charge in [-0.15, -0.1) is 0 Å². The molecule has 1 aromatic rings. The molecule has 0 spiro atoms. The van der Waals surface area contributed by atoms with E-state index in [1.165, 1.54) is 12.1 Å². The van der Waals surface area contributed by atoms with Crippen LogP contribution >= 0.6 is 0 Å². The molecule has 3 rings (SSSR count). The summed E-state index contributed by atoms with van der Waals surface area (Å²) in [6, 6.07) is 4.12. The summed E-state index contributed by atoms with van der Waals surface area (Å²) in [6.07, 6.45) is 2.12. The Kier molecular flexibility index (Phi) is 6.29. The molecule has 7 heteroatoms. The molecule has 0 radical (unpaired) electrons. The maximum atomic E-state index is 13.4. The molecule has 1 aromatic carbocycles. The predicted molar refractivity (Wildman–Crippen MR) is 99.6 cm³/mol. The molecule has 2 atom stereocenters. The van der Waals surface area contributed by atoms with Crippen LogP contribution in [0, 0.1) is 23.5 Å². The predicted octanol–water partition coefficient (Wildman–Crippen LogP) is 2.33. The largest absolute Gasteiger partial charge is 0.381 e. The van der Waals surface area contributed by atoms with Crippen molar-refractivity contribution >= 4 is 11.6 Å². The lowest BCUT2D eigenvalue weighted by atomic mass is 10.1. The van der Waals surface area contributed by atoms with Crippen molar-refractivity contribution < 1.29 is 13.5 Å². The summed E-state index contributed by atoms with van der Waals surface area (Å²) < 4.78 is 32.0. The molecule has 0 aliphatic carbocycles. The van der Waals surface area contributed by atoms with Crippen molar-refractivity contribution in [2.45, 2.75) is 12.8 Å². The van der Waals surface area contributed by atoms with Crippen LogP contribution in [-0.4, -0.2) is 64.3 Å². The highest BCUT2D eigenvalue weighted by atomic mass is 19.2. The van der Waals surface area contributed by atoms with Crippen molar-refractivity contribution in [3.63, 3.8) is 0 Å². The van der Waals surface area contributed by atoms with Crippen molar-refractivity contribution in [3.05, 3.63) is 29.8 Å². The Morgan fingerprint density at radius 1 is 1.31 bits per heavy atom. The maximum absolute atomic E-state index is 13.4. The zero-order valence-electron chi connectivity index (χ0n) is 15.5. The highest BCUT2D eigenvalue weighted by molar-refractivity contribution is 5.79. The first-order chi connectivity index (χ1) is 12.6. The number of nitrogens with zero attached hydrogens (tertiary/aromatic N) is 3. The third kappa shape index (κ3) is 4.63. The quantitative estimate of drug-likeness (QED) is 0.641. The average Bonchev–Trinajstić information content (AvgIpc) is 3.30. The first-order valence-corrected chi connectivity index (χ1v) is 9.26. The minimum absolute atomic E-state index is 0.447. The van der Waals surface area contributed by atoms with E-state index in [-0.39, 0.29) is 0 Å². The fourth-order valence-corrected chi connectivity index (χ4v) is 3.74. The van der Waals surface area contributed by atoms with Gasteiger partial charge in [0, 0.05) is 64.6 Å². The van der Waals surface area contributed by atoms with Crippen LogP contribution in [0.2, 0.25) is 0 Å². The standard InChI is InChI=1S/C19H28F2N4O/c1-22-19(24(2)11-15-6-8-26-13-15)23-10-14-5-7-25(12-14)16-3-4-17(20)18(21)9-16/h3-4,9,14-15H,5-8,10-13H2,1-2H3,(H,22,23). The molecule has 0 saturated carbocycles.